The van der Waals surface area contributed by atoms with E-state index >= 15 is 0 Å². The first-order chi connectivity index (χ1) is 7.62. The standard InChI is InChI=1S/C12H18N2O2/c1-2-12(13,9-15)11(16)14-8-10-6-4-3-5-7-10/h3-7,15H,2,8-9,13H2,1H3,(H,14,16)/t12-/m0/s1. The second kappa shape index (κ2) is 5.63. The zero-order valence-electron chi connectivity index (χ0n) is 9.44. The van der Waals surface area contributed by atoms with Gasteiger partial charge in [0.05, 0.1) is 6.61 Å². The van der Waals surface area contributed by atoms with Crippen molar-refractivity contribution in [2.24, 2.45) is 5.73 Å². The van der Waals surface area contributed by atoms with Gasteiger partial charge in [-0.05, 0) is 12.0 Å². The van der Waals surface area contributed by atoms with Gasteiger partial charge in [-0.25, -0.2) is 0 Å². The van der Waals surface area contributed by atoms with Crippen LogP contribution in [-0.2, 0) is 11.3 Å². The van der Waals surface area contributed by atoms with Crippen molar-refractivity contribution in [1.82, 2.24) is 5.32 Å². The number of rotatable bonds is 5. The molecule has 1 rings (SSSR count). The molecule has 0 bridgehead atoms. The molecule has 1 aromatic rings. The lowest BCUT2D eigenvalue weighted by Gasteiger charge is -2.24. The van der Waals surface area contributed by atoms with Gasteiger partial charge in [0, 0.05) is 6.54 Å². The van der Waals surface area contributed by atoms with E-state index in [9.17, 15) is 4.79 Å². The molecular weight excluding hydrogens is 204 g/mol. The molecule has 1 aromatic carbocycles. The summed E-state index contributed by atoms with van der Waals surface area (Å²) in [5, 5.41) is 11.8. The fourth-order valence-electron chi connectivity index (χ4n) is 1.30. The number of carbonyl (C=O) groups is 1. The summed E-state index contributed by atoms with van der Waals surface area (Å²) in [7, 11) is 0. The van der Waals surface area contributed by atoms with Gasteiger partial charge in [-0.15, -0.1) is 0 Å². The quantitative estimate of drug-likeness (QED) is 0.675. The number of aliphatic hydroxyl groups is 1. The van der Waals surface area contributed by atoms with Crippen LogP contribution in [0, 0.1) is 0 Å². The van der Waals surface area contributed by atoms with Gasteiger partial charge in [-0.2, -0.15) is 0 Å². The summed E-state index contributed by atoms with van der Waals surface area (Å²) < 4.78 is 0. The molecule has 0 aliphatic rings. The van der Waals surface area contributed by atoms with Gasteiger partial charge in [-0.3, -0.25) is 4.79 Å². The largest absolute Gasteiger partial charge is 0.394 e. The third-order valence-electron chi connectivity index (χ3n) is 2.66. The molecule has 0 aliphatic carbocycles. The number of benzene rings is 1. The van der Waals surface area contributed by atoms with Crippen molar-refractivity contribution in [3.63, 3.8) is 0 Å². The number of hydrogen-bond acceptors (Lipinski definition) is 3. The van der Waals surface area contributed by atoms with Crippen molar-refractivity contribution in [2.45, 2.75) is 25.4 Å². The van der Waals surface area contributed by atoms with Crippen LogP contribution in [-0.4, -0.2) is 23.2 Å². The van der Waals surface area contributed by atoms with Crippen LogP contribution in [0.15, 0.2) is 30.3 Å². The highest BCUT2D eigenvalue weighted by atomic mass is 16.3. The Kier molecular flexibility index (Phi) is 4.46. The van der Waals surface area contributed by atoms with E-state index in [4.69, 9.17) is 10.8 Å². The van der Waals surface area contributed by atoms with Crippen molar-refractivity contribution in [3.8, 4) is 0 Å². The van der Waals surface area contributed by atoms with Gasteiger partial charge in [0.1, 0.15) is 5.54 Å². The molecule has 4 heteroatoms. The average Bonchev–Trinajstić information content (AvgIpc) is 2.36. The zero-order chi connectivity index (χ0) is 12.0. The van der Waals surface area contributed by atoms with Crippen LogP contribution >= 0.6 is 0 Å². The summed E-state index contributed by atoms with van der Waals surface area (Å²) in [4.78, 5) is 11.7. The Hall–Kier alpha value is -1.39. The van der Waals surface area contributed by atoms with E-state index in [-0.39, 0.29) is 12.5 Å². The SMILES string of the molecule is CC[C@](N)(CO)C(=O)NCc1ccccc1. The molecule has 16 heavy (non-hydrogen) atoms. The zero-order valence-corrected chi connectivity index (χ0v) is 9.44. The highest BCUT2D eigenvalue weighted by molar-refractivity contribution is 5.86. The summed E-state index contributed by atoms with van der Waals surface area (Å²) >= 11 is 0. The fraction of sp³-hybridized carbons (Fsp3) is 0.417. The Morgan fingerprint density at radius 2 is 2.06 bits per heavy atom. The maximum Gasteiger partial charge on any atom is 0.242 e. The third kappa shape index (κ3) is 3.05. The monoisotopic (exact) mass is 222 g/mol. The van der Waals surface area contributed by atoms with Crippen LogP contribution in [0.3, 0.4) is 0 Å². The average molecular weight is 222 g/mol. The van der Waals surface area contributed by atoms with Gasteiger partial charge >= 0.3 is 0 Å². The summed E-state index contributed by atoms with van der Waals surface area (Å²) in [6, 6.07) is 9.57. The van der Waals surface area contributed by atoms with Crippen LogP contribution in [0.1, 0.15) is 18.9 Å². The Bertz CT molecular complexity index is 334. The Balaban J connectivity index is 2.53. The lowest BCUT2D eigenvalue weighted by Crippen LogP contribution is -2.56. The van der Waals surface area contributed by atoms with Crippen LogP contribution in [0.2, 0.25) is 0 Å². The number of amides is 1. The van der Waals surface area contributed by atoms with E-state index in [1.54, 1.807) is 6.92 Å². The Morgan fingerprint density at radius 3 is 2.56 bits per heavy atom. The van der Waals surface area contributed by atoms with Gasteiger partial charge in [0.2, 0.25) is 5.91 Å². The molecule has 0 saturated carbocycles. The minimum absolute atomic E-state index is 0.318. The maximum absolute atomic E-state index is 11.7. The number of nitrogens with one attached hydrogen (secondary N) is 1. The smallest absolute Gasteiger partial charge is 0.242 e. The molecule has 0 spiro atoms. The van der Waals surface area contributed by atoms with E-state index in [1.807, 2.05) is 30.3 Å². The predicted octanol–water partition coefficient (Wildman–Crippen LogP) is 0.403. The fourth-order valence-corrected chi connectivity index (χ4v) is 1.30. The molecule has 1 atom stereocenters. The van der Waals surface area contributed by atoms with Crippen LogP contribution in [0.4, 0.5) is 0 Å². The number of carbonyl (C=O) groups excluding carboxylic acids is 1. The normalized spacial score (nSPS) is 14.2. The molecule has 0 fully saturated rings. The minimum atomic E-state index is -1.17. The van der Waals surface area contributed by atoms with E-state index in [1.165, 1.54) is 0 Å². The van der Waals surface area contributed by atoms with Crippen molar-refractivity contribution >= 4 is 5.91 Å². The van der Waals surface area contributed by atoms with Gasteiger partial charge in [-0.1, -0.05) is 37.3 Å². The molecule has 88 valence electrons. The molecule has 4 nitrogen and oxygen atoms in total. The maximum atomic E-state index is 11.7. The van der Waals surface area contributed by atoms with E-state index in [0.29, 0.717) is 13.0 Å². The molecule has 0 heterocycles. The molecule has 0 radical (unpaired) electrons. The van der Waals surface area contributed by atoms with Crippen LogP contribution in [0.5, 0.6) is 0 Å². The lowest BCUT2D eigenvalue weighted by atomic mass is 9.97. The first-order valence-corrected chi connectivity index (χ1v) is 5.34. The molecule has 0 aromatic heterocycles. The Labute approximate surface area is 95.5 Å². The molecular formula is C12H18N2O2. The summed E-state index contributed by atoms with van der Waals surface area (Å²) in [6.07, 6.45) is 0.407. The third-order valence-corrected chi connectivity index (χ3v) is 2.66. The first-order valence-electron chi connectivity index (χ1n) is 5.34. The predicted molar refractivity (Wildman–Crippen MR) is 62.6 cm³/mol. The van der Waals surface area contributed by atoms with Crippen molar-refractivity contribution in [1.29, 1.82) is 0 Å². The molecule has 1 amide bonds. The van der Waals surface area contributed by atoms with Crippen molar-refractivity contribution in [2.75, 3.05) is 6.61 Å². The Morgan fingerprint density at radius 1 is 1.44 bits per heavy atom. The van der Waals surface area contributed by atoms with Crippen LogP contribution in [0.25, 0.3) is 0 Å². The van der Waals surface area contributed by atoms with Gasteiger partial charge in [0.15, 0.2) is 0 Å². The molecule has 0 aliphatic heterocycles. The molecule has 0 saturated heterocycles. The van der Waals surface area contributed by atoms with Gasteiger partial charge < -0.3 is 16.2 Å². The number of nitrogens with two attached hydrogens (primary N) is 1. The second-order valence-corrected chi connectivity index (χ2v) is 3.84. The number of aliphatic hydroxyl groups excluding tert-OH is 1. The highest BCUT2D eigenvalue weighted by Gasteiger charge is 2.30. The number of hydrogen-bond donors (Lipinski definition) is 3. The molecule has 0 unspecified atom stereocenters. The summed E-state index contributed by atoms with van der Waals surface area (Å²) in [5.41, 5.74) is 5.58. The van der Waals surface area contributed by atoms with E-state index < -0.39 is 5.54 Å². The summed E-state index contributed by atoms with van der Waals surface area (Å²) in [5.74, 6) is -0.318. The van der Waals surface area contributed by atoms with Crippen molar-refractivity contribution < 1.29 is 9.90 Å². The minimum Gasteiger partial charge on any atom is -0.394 e. The first kappa shape index (κ1) is 12.7. The van der Waals surface area contributed by atoms with Gasteiger partial charge in [0.25, 0.3) is 0 Å². The van der Waals surface area contributed by atoms with E-state index in [0.717, 1.165) is 5.56 Å². The lowest BCUT2D eigenvalue weighted by molar-refractivity contribution is -0.128. The second-order valence-electron chi connectivity index (χ2n) is 3.84. The van der Waals surface area contributed by atoms with Crippen LogP contribution < -0.4 is 11.1 Å². The topological polar surface area (TPSA) is 75.3 Å². The highest BCUT2D eigenvalue weighted by Crippen LogP contribution is 2.06. The van der Waals surface area contributed by atoms with Crippen molar-refractivity contribution in [3.05, 3.63) is 35.9 Å². The molecule has 4 N–H and O–H groups in total. The van der Waals surface area contributed by atoms with E-state index in [2.05, 4.69) is 5.32 Å². The summed E-state index contributed by atoms with van der Waals surface area (Å²) in [6.45, 7) is 1.86.